The van der Waals surface area contributed by atoms with Crippen LogP contribution in [0.4, 0.5) is 0 Å². The summed E-state index contributed by atoms with van der Waals surface area (Å²) in [6.07, 6.45) is 3.96. The minimum Gasteiger partial charge on any atom is -0.480 e. The summed E-state index contributed by atoms with van der Waals surface area (Å²) < 4.78 is 6.86. The molecule has 0 fully saturated rings. The number of methoxy groups -OCH3 is 1. The van der Waals surface area contributed by atoms with E-state index in [1.54, 1.807) is 10.9 Å². The number of rotatable bonds is 3. The van der Waals surface area contributed by atoms with Gasteiger partial charge in [0.2, 0.25) is 5.88 Å². The summed E-state index contributed by atoms with van der Waals surface area (Å²) in [6.45, 7) is 6.17. The second kappa shape index (κ2) is 5.20. The molecule has 0 aliphatic heterocycles. The van der Waals surface area contributed by atoms with Crippen LogP contribution >= 0.6 is 0 Å². The van der Waals surface area contributed by atoms with Crippen molar-refractivity contribution in [2.24, 2.45) is 7.05 Å². The molecule has 2 rings (SSSR count). The molecule has 6 heteroatoms. The highest BCUT2D eigenvalue weighted by Crippen LogP contribution is 2.33. The van der Waals surface area contributed by atoms with Gasteiger partial charge in [-0.1, -0.05) is 20.8 Å². The summed E-state index contributed by atoms with van der Waals surface area (Å²) in [5, 5.41) is 15.1. The van der Waals surface area contributed by atoms with E-state index in [-0.39, 0.29) is 5.41 Å². The van der Waals surface area contributed by atoms with E-state index in [1.165, 1.54) is 19.5 Å². The van der Waals surface area contributed by atoms with Crippen LogP contribution < -0.4 is 4.74 Å². The molecule has 1 atom stereocenters. The lowest BCUT2D eigenvalue weighted by atomic mass is 9.87. The van der Waals surface area contributed by atoms with Gasteiger partial charge in [0.1, 0.15) is 11.8 Å². The molecular weight excluding hydrogens is 256 g/mol. The second-order valence-electron chi connectivity index (χ2n) is 5.71. The smallest absolute Gasteiger partial charge is 0.238 e. The molecule has 0 saturated heterocycles. The lowest BCUT2D eigenvalue weighted by Crippen LogP contribution is -2.17. The summed E-state index contributed by atoms with van der Waals surface area (Å²) in [4.78, 5) is 8.25. The first-order valence-electron chi connectivity index (χ1n) is 6.41. The van der Waals surface area contributed by atoms with Crippen molar-refractivity contribution in [3.05, 3.63) is 35.5 Å². The molecule has 6 nitrogen and oxygen atoms in total. The number of hydrogen-bond donors (Lipinski definition) is 1. The third-order valence-corrected chi connectivity index (χ3v) is 3.01. The first kappa shape index (κ1) is 14.5. The van der Waals surface area contributed by atoms with Crippen molar-refractivity contribution in [1.82, 2.24) is 19.7 Å². The zero-order chi connectivity index (χ0) is 14.9. The third kappa shape index (κ3) is 2.65. The monoisotopic (exact) mass is 276 g/mol. The molecule has 0 bridgehead atoms. The zero-order valence-electron chi connectivity index (χ0n) is 12.5. The summed E-state index contributed by atoms with van der Waals surface area (Å²) in [5.74, 6) is 0.323. The Balaban J connectivity index is 2.51. The molecule has 0 saturated carbocycles. The van der Waals surface area contributed by atoms with Crippen molar-refractivity contribution in [3.8, 4) is 5.88 Å². The molecule has 0 radical (unpaired) electrons. The van der Waals surface area contributed by atoms with Crippen LogP contribution in [0.1, 0.15) is 43.8 Å². The average molecular weight is 276 g/mol. The van der Waals surface area contributed by atoms with Crippen molar-refractivity contribution in [2.75, 3.05) is 7.11 Å². The molecular formula is C14H20N4O2. The molecule has 2 aromatic rings. The Morgan fingerprint density at radius 1 is 1.25 bits per heavy atom. The van der Waals surface area contributed by atoms with Gasteiger partial charge >= 0.3 is 0 Å². The van der Waals surface area contributed by atoms with E-state index in [2.05, 4.69) is 35.8 Å². The predicted molar refractivity (Wildman–Crippen MR) is 74.6 cm³/mol. The van der Waals surface area contributed by atoms with Crippen molar-refractivity contribution in [3.63, 3.8) is 0 Å². The standard InChI is InChI=1S/C14H20N4O2/c1-14(2,3)12-9(8-18(4)17-12)11(19)10-13(20-5)16-7-6-15-10/h6-8,11,19H,1-5H3. The quantitative estimate of drug-likeness (QED) is 0.921. The maximum Gasteiger partial charge on any atom is 0.238 e. The Bertz CT molecular complexity index is 601. The predicted octanol–water partition coefficient (Wildman–Crippen LogP) is 1.60. The SMILES string of the molecule is COc1nccnc1C(O)c1cn(C)nc1C(C)(C)C. The lowest BCUT2D eigenvalue weighted by molar-refractivity contribution is 0.205. The second-order valence-corrected chi connectivity index (χ2v) is 5.71. The van der Waals surface area contributed by atoms with Crippen molar-refractivity contribution >= 4 is 0 Å². The van der Waals surface area contributed by atoms with Gasteiger partial charge in [-0.25, -0.2) is 4.98 Å². The van der Waals surface area contributed by atoms with Gasteiger partial charge in [-0.3, -0.25) is 9.67 Å². The average Bonchev–Trinajstić information content (AvgIpc) is 2.80. The molecule has 108 valence electrons. The summed E-state index contributed by atoms with van der Waals surface area (Å²) >= 11 is 0. The van der Waals surface area contributed by atoms with Crippen molar-refractivity contribution in [1.29, 1.82) is 0 Å². The van der Waals surface area contributed by atoms with Gasteiger partial charge in [0.25, 0.3) is 0 Å². The first-order chi connectivity index (χ1) is 9.34. The van der Waals surface area contributed by atoms with Crippen LogP contribution in [0.25, 0.3) is 0 Å². The molecule has 1 N–H and O–H groups in total. The number of nitrogens with zero attached hydrogens (tertiary/aromatic N) is 4. The van der Waals surface area contributed by atoms with Gasteiger partial charge in [-0.05, 0) is 0 Å². The highest BCUT2D eigenvalue weighted by atomic mass is 16.5. The Morgan fingerprint density at radius 3 is 2.50 bits per heavy atom. The molecule has 0 aliphatic rings. The Kier molecular flexibility index (Phi) is 3.76. The number of ether oxygens (including phenoxy) is 1. The summed E-state index contributed by atoms with van der Waals surface area (Å²) in [7, 11) is 3.34. The van der Waals surface area contributed by atoms with Crippen LogP contribution in [0, 0.1) is 0 Å². The van der Waals surface area contributed by atoms with Gasteiger partial charge in [0, 0.05) is 36.6 Å². The molecule has 0 aliphatic carbocycles. The van der Waals surface area contributed by atoms with Gasteiger partial charge < -0.3 is 9.84 Å². The largest absolute Gasteiger partial charge is 0.480 e. The van der Waals surface area contributed by atoms with E-state index in [0.29, 0.717) is 11.6 Å². The third-order valence-electron chi connectivity index (χ3n) is 3.01. The van der Waals surface area contributed by atoms with Crippen molar-refractivity contribution in [2.45, 2.75) is 32.3 Å². The van der Waals surface area contributed by atoms with Crippen LogP contribution in [0.2, 0.25) is 0 Å². The molecule has 0 amide bonds. The first-order valence-corrected chi connectivity index (χ1v) is 6.41. The summed E-state index contributed by atoms with van der Waals surface area (Å²) in [5.41, 5.74) is 1.78. The van der Waals surface area contributed by atoms with Gasteiger partial charge in [0.15, 0.2) is 0 Å². The van der Waals surface area contributed by atoms with Gasteiger partial charge in [0.05, 0.1) is 12.8 Å². The van der Waals surface area contributed by atoms with Gasteiger partial charge in [-0.15, -0.1) is 0 Å². The maximum atomic E-state index is 10.6. The van der Waals surface area contributed by atoms with Gasteiger partial charge in [-0.2, -0.15) is 5.10 Å². The normalized spacial score (nSPS) is 13.3. The number of aromatic nitrogens is 4. The fourth-order valence-electron chi connectivity index (χ4n) is 2.12. The highest BCUT2D eigenvalue weighted by Gasteiger charge is 2.28. The molecule has 2 heterocycles. The van der Waals surface area contributed by atoms with Crippen LogP contribution in [-0.2, 0) is 12.5 Å². The van der Waals surface area contributed by atoms with Crippen LogP contribution in [0.5, 0.6) is 5.88 Å². The van der Waals surface area contributed by atoms with Crippen molar-refractivity contribution < 1.29 is 9.84 Å². The fraction of sp³-hybridized carbons (Fsp3) is 0.500. The van der Waals surface area contributed by atoms with E-state index >= 15 is 0 Å². The van der Waals surface area contributed by atoms with E-state index in [1.807, 2.05) is 7.05 Å². The molecule has 2 aromatic heterocycles. The van der Waals surface area contributed by atoms with E-state index in [9.17, 15) is 5.11 Å². The summed E-state index contributed by atoms with van der Waals surface area (Å²) in [6, 6.07) is 0. The minimum atomic E-state index is -0.915. The highest BCUT2D eigenvalue weighted by molar-refractivity contribution is 5.34. The number of aryl methyl sites for hydroxylation is 1. The van der Waals surface area contributed by atoms with E-state index < -0.39 is 6.10 Å². The topological polar surface area (TPSA) is 73.1 Å². The molecule has 20 heavy (non-hydrogen) atoms. The number of aliphatic hydroxyl groups is 1. The zero-order valence-corrected chi connectivity index (χ0v) is 12.5. The van der Waals surface area contributed by atoms with E-state index in [0.717, 1.165) is 11.3 Å². The lowest BCUT2D eigenvalue weighted by Gasteiger charge is -2.20. The minimum absolute atomic E-state index is 0.174. The van der Waals surface area contributed by atoms with Crippen LogP contribution in [0.3, 0.4) is 0 Å². The van der Waals surface area contributed by atoms with Crippen LogP contribution in [-0.4, -0.2) is 32.0 Å². The number of aliphatic hydroxyl groups excluding tert-OH is 1. The molecule has 1 unspecified atom stereocenters. The Morgan fingerprint density at radius 2 is 1.90 bits per heavy atom. The van der Waals surface area contributed by atoms with Crippen LogP contribution in [0.15, 0.2) is 18.6 Å². The molecule has 0 spiro atoms. The number of hydrogen-bond acceptors (Lipinski definition) is 5. The molecule has 0 aromatic carbocycles. The Labute approximate surface area is 118 Å². The maximum absolute atomic E-state index is 10.6. The van der Waals surface area contributed by atoms with E-state index in [4.69, 9.17) is 4.74 Å². The Hall–Kier alpha value is -1.95. The fourth-order valence-corrected chi connectivity index (χ4v) is 2.12.